The molecule has 31 heavy (non-hydrogen) atoms. The fraction of sp³-hybridized carbons (Fsp3) is 0.240. The quantitative estimate of drug-likeness (QED) is 0.532. The van der Waals surface area contributed by atoms with Gasteiger partial charge in [0.1, 0.15) is 0 Å². The van der Waals surface area contributed by atoms with Crippen molar-refractivity contribution in [1.82, 2.24) is 5.32 Å². The van der Waals surface area contributed by atoms with E-state index in [2.05, 4.69) is 23.9 Å². The Morgan fingerprint density at radius 3 is 2.03 bits per heavy atom. The molecule has 0 radical (unpaired) electrons. The molecule has 1 amide bonds. The summed E-state index contributed by atoms with van der Waals surface area (Å²) in [6, 6.07) is 21.0. The molecular formula is C25H28N2O3S. The second kappa shape index (κ2) is 9.35. The van der Waals surface area contributed by atoms with Crippen molar-refractivity contribution in [3.05, 3.63) is 95.1 Å². The maximum absolute atomic E-state index is 12.8. The van der Waals surface area contributed by atoms with E-state index in [1.165, 1.54) is 0 Å². The minimum Gasteiger partial charge on any atom is -0.345 e. The summed E-state index contributed by atoms with van der Waals surface area (Å²) in [6.45, 7) is 8.07. The Kier molecular flexibility index (Phi) is 6.81. The molecule has 6 heteroatoms. The third-order valence-corrected chi connectivity index (χ3v) is 6.60. The zero-order valence-electron chi connectivity index (χ0n) is 18.2. The average Bonchev–Trinajstić information content (AvgIpc) is 2.73. The Hall–Kier alpha value is -3.12. The van der Waals surface area contributed by atoms with Crippen molar-refractivity contribution in [2.45, 2.75) is 38.6 Å². The van der Waals surface area contributed by atoms with Crippen LogP contribution in [0, 0.1) is 19.8 Å². The van der Waals surface area contributed by atoms with Crippen LogP contribution in [0.4, 0.5) is 5.69 Å². The molecule has 0 aromatic heterocycles. The highest BCUT2D eigenvalue weighted by Crippen LogP contribution is 2.25. The molecule has 1 atom stereocenters. The van der Waals surface area contributed by atoms with Crippen molar-refractivity contribution in [2.24, 2.45) is 5.92 Å². The molecule has 0 aliphatic heterocycles. The summed E-state index contributed by atoms with van der Waals surface area (Å²) < 4.78 is 27.7. The van der Waals surface area contributed by atoms with E-state index in [1.807, 2.05) is 38.1 Å². The SMILES string of the molecule is Cc1ccc(S(=O)(=O)Nc2ccc(C(=O)N[C@@H](c3ccccc3C)C(C)C)cc2)cc1. The van der Waals surface area contributed by atoms with Gasteiger partial charge in [0.15, 0.2) is 0 Å². The number of carbonyl (C=O) groups excluding carboxylic acids is 1. The van der Waals surface area contributed by atoms with Gasteiger partial charge >= 0.3 is 0 Å². The van der Waals surface area contributed by atoms with Crippen LogP contribution in [0.2, 0.25) is 0 Å². The number of benzene rings is 3. The number of nitrogens with one attached hydrogen (secondary N) is 2. The Morgan fingerprint density at radius 2 is 1.45 bits per heavy atom. The molecule has 0 fully saturated rings. The van der Waals surface area contributed by atoms with Crippen molar-refractivity contribution in [2.75, 3.05) is 4.72 Å². The van der Waals surface area contributed by atoms with Gasteiger partial charge in [-0.1, -0.05) is 55.8 Å². The number of aryl methyl sites for hydroxylation is 2. The lowest BCUT2D eigenvalue weighted by Gasteiger charge is -2.24. The number of anilines is 1. The number of amides is 1. The first-order chi connectivity index (χ1) is 14.7. The van der Waals surface area contributed by atoms with Crippen molar-refractivity contribution >= 4 is 21.6 Å². The zero-order chi connectivity index (χ0) is 22.6. The van der Waals surface area contributed by atoms with Crippen molar-refractivity contribution in [1.29, 1.82) is 0 Å². The minimum absolute atomic E-state index is 0.117. The van der Waals surface area contributed by atoms with E-state index < -0.39 is 10.0 Å². The number of sulfonamides is 1. The van der Waals surface area contributed by atoms with E-state index in [4.69, 9.17) is 0 Å². The van der Waals surface area contributed by atoms with Gasteiger partial charge in [-0.25, -0.2) is 8.42 Å². The second-order valence-corrected chi connectivity index (χ2v) is 9.73. The molecule has 0 saturated heterocycles. The third kappa shape index (κ3) is 5.52. The van der Waals surface area contributed by atoms with Crippen LogP contribution in [-0.4, -0.2) is 14.3 Å². The van der Waals surface area contributed by atoms with Gasteiger partial charge in [-0.05, 0) is 67.3 Å². The van der Waals surface area contributed by atoms with Gasteiger partial charge in [0.2, 0.25) is 0 Å². The van der Waals surface area contributed by atoms with Crippen LogP contribution >= 0.6 is 0 Å². The highest BCUT2D eigenvalue weighted by molar-refractivity contribution is 7.92. The van der Waals surface area contributed by atoms with Gasteiger partial charge in [-0.3, -0.25) is 9.52 Å². The maximum Gasteiger partial charge on any atom is 0.261 e. The first kappa shape index (κ1) is 22.6. The van der Waals surface area contributed by atoms with Crippen LogP contribution in [0.5, 0.6) is 0 Å². The molecule has 3 aromatic carbocycles. The zero-order valence-corrected chi connectivity index (χ0v) is 19.0. The predicted molar refractivity (Wildman–Crippen MR) is 125 cm³/mol. The number of hydrogen-bond donors (Lipinski definition) is 2. The third-order valence-electron chi connectivity index (χ3n) is 5.21. The van der Waals surface area contributed by atoms with E-state index in [-0.39, 0.29) is 22.8 Å². The molecule has 0 aliphatic rings. The molecule has 0 heterocycles. The van der Waals surface area contributed by atoms with Crippen molar-refractivity contribution in [3.8, 4) is 0 Å². The Labute approximate surface area is 184 Å². The summed E-state index contributed by atoms with van der Waals surface area (Å²) in [6.07, 6.45) is 0. The molecule has 0 bridgehead atoms. The normalized spacial score (nSPS) is 12.4. The van der Waals surface area contributed by atoms with E-state index in [9.17, 15) is 13.2 Å². The summed E-state index contributed by atoms with van der Waals surface area (Å²) in [5, 5.41) is 3.11. The molecule has 5 nitrogen and oxygen atoms in total. The minimum atomic E-state index is -3.68. The summed E-state index contributed by atoms with van der Waals surface area (Å²) >= 11 is 0. The van der Waals surface area contributed by atoms with E-state index in [0.29, 0.717) is 11.3 Å². The molecule has 2 N–H and O–H groups in total. The summed E-state index contributed by atoms with van der Waals surface area (Å²) in [7, 11) is -3.68. The lowest BCUT2D eigenvalue weighted by molar-refractivity contribution is 0.0925. The average molecular weight is 437 g/mol. The van der Waals surface area contributed by atoms with Gasteiger partial charge in [-0.15, -0.1) is 0 Å². The number of hydrogen-bond acceptors (Lipinski definition) is 3. The first-order valence-corrected chi connectivity index (χ1v) is 11.7. The topological polar surface area (TPSA) is 75.3 Å². The standard InChI is InChI=1S/C25H28N2O3S/c1-17(2)24(23-8-6-5-7-19(23)4)26-25(28)20-11-13-21(14-12-20)27-31(29,30)22-15-9-18(3)10-16-22/h5-17,24,27H,1-4H3,(H,26,28)/t24-/m1/s1. The fourth-order valence-electron chi connectivity index (χ4n) is 3.38. The molecule has 0 unspecified atom stereocenters. The maximum atomic E-state index is 12.8. The molecule has 162 valence electrons. The van der Waals surface area contributed by atoms with E-state index in [0.717, 1.165) is 16.7 Å². The van der Waals surface area contributed by atoms with Crippen LogP contribution in [0.25, 0.3) is 0 Å². The van der Waals surface area contributed by atoms with Gasteiger partial charge < -0.3 is 5.32 Å². The predicted octanol–water partition coefficient (Wildman–Crippen LogP) is 5.23. The summed E-state index contributed by atoms with van der Waals surface area (Å²) in [5.41, 5.74) is 4.07. The van der Waals surface area contributed by atoms with Crippen LogP contribution in [0.15, 0.2) is 77.7 Å². The number of carbonyl (C=O) groups is 1. The lowest BCUT2D eigenvalue weighted by Crippen LogP contribution is -2.32. The fourth-order valence-corrected chi connectivity index (χ4v) is 4.44. The first-order valence-electron chi connectivity index (χ1n) is 10.2. The lowest BCUT2D eigenvalue weighted by atomic mass is 9.92. The molecule has 0 spiro atoms. The van der Waals surface area contributed by atoms with Gasteiger partial charge in [-0.2, -0.15) is 0 Å². The molecule has 0 saturated carbocycles. The second-order valence-electron chi connectivity index (χ2n) is 8.05. The van der Waals surface area contributed by atoms with Gasteiger partial charge in [0.05, 0.1) is 10.9 Å². The number of rotatable bonds is 7. The van der Waals surface area contributed by atoms with Crippen LogP contribution < -0.4 is 10.0 Å². The largest absolute Gasteiger partial charge is 0.345 e. The van der Waals surface area contributed by atoms with Crippen molar-refractivity contribution < 1.29 is 13.2 Å². The molecule has 3 rings (SSSR count). The Bertz CT molecular complexity index is 1150. The summed E-state index contributed by atoms with van der Waals surface area (Å²) in [5.74, 6) is 0.0144. The summed E-state index contributed by atoms with van der Waals surface area (Å²) in [4.78, 5) is 13.0. The van der Waals surface area contributed by atoms with Crippen LogP contribution in [-0.2, 0) is 10.0 Å². The van der Waals surface area contributed by atoms with E-state index >= 15 is 0 Å². The Morgan fingerprint density at radius 1 is 0.839 bits per heavy atom. The monoisotopic (exact) mass is 436 g/mol. The highest BCUT2D eigenvalue weighted by Gasteiger charge is 2.21. The van der Waals surface area contributed by atoms with Gasteiger partial charge in [0, 0.05) is 11.3 Å². The van der Waals surface area contributed by atoms with Crippen molar-refractivity contribution in [3.63, 3.8) is 0 Å². The Balaban J connectivity index is 1.74. The highest BCUT2D eigenvalue weighted by atomic mass is 32.2. The smallest absolute Gasteiger partial charge is 0.261 e. The molecule has 0 aliphatic carbocycles. The van der Waals surface area contributed by atoms with Gasteiger partial charge in [0.25, 0.3) is 15.9 Å². The van der Waals surface area contributed by atoms with Crippen LogP contribution in [0.1, 0.15) is 46.9 Å². The molecular weight excluding hydrogens is 408 g/mol. The van der Waals surface area contributed by atoms with E-state index in [1.54, 1.807) is 48.5 Å². The van der Waals surface area contributed by atoms with Crippen LogP contribution in [0.3, 0.4) is 0 Å². The molecule has 3 aromatic rings.